The average Bonchev–Trinajstić information content (AvgIpc) is 2.81. The van der Waals surface area contributed by atoms with Crippen LogP contribution in [-0.2, 0) is 11.3 Å². The SMILES string of the molecule is Cc1oc(COCCOc2ccccc2)cc1C(=O)O. The first kappa shape index (κ1) is 14.1. The molecule has 1 N–H and O–H groups in total. The van der Waals surface area contributed by atoms with E-state index >= 15 is 0 Å². The third-order valence-corrected chi connectivity index (χ3v) is 2.68. The Bertz CT molecular complexity index is 559. The summed E-state index contributed by atoms with van der Waals surface area (Å²) in [6.07, 6.45) is 0. The molecule has 0 fully saturated rings. The van der Waals surface area contributed by atoms with E-state index in [2.05, 4.69) is 0 Å². The lowest BCUT2D eigenvalue weighted by Crippen LogP contribution is -2.06. The van der Waals surface area contributed by atoms with Gasteiger partial charge in [0.15, 0.2) is 0 Å². The molecule has 1 aromatic heterocycles. The quantitative estimate of drug-likeness (QED) is 0.787. The monoisotopic (exact) mass is 276 g/mol. The summed E-state index contributed by atoms with van der Waals surface area (Å²) in [6, 6.07) is 10.9. The van der Waals surface area contributed by atoms with E-state index in [1.165, 1.54) is 6.07 Å². The lowest BCUT2D eigenvalue weighted by molar-refractivity contribution is 0.0695. The predicted octanol–water partition coefficient (Wildman–Crippen LogP) is 2.88. The number of furan rings is 1. The lowest BCUT2D eigenvalue weighted by Gasteiger charge is -2.05. The molecule has 0 radical (unpaired) electrons. The molecule has 2 aromatic rings. The van der Waals surface area contributed by atoms with Crippen LogP contribution in [0.2, 0.25) is 0 Å². The van der Waals surface area contributed by atoms with Gasteiger partial charge in [-0.15, -0.1) is 0 Å². The maximum absolute atomic E-state index is 10.8. The summed E-state index contributed by atoms with van der Waals surface area (Å²) in [4.78, 5) is 10.8. The maximum atomic E-state index is 10.8. The van der Waals surface area contributed by atoms with Crippen molar-refractivity contribution in [1.82, 2.24) is 0 Å². The first-order chi connectivity index (χ1) is 9.66. The van der Waals surface area contributed by atoms with Crippen LogP contribution in [0.3, 0.4) is 0 Å². The highest BCUT2D eigenvalue weighted by atomic mass is 16.5. The Hall–Kier alpha value is -2.27. The summed E-state index contributed by atoms with van der Waals surface area (Å²) in [6.45, 7) is 2.67. The molecule has 0 saturated carbocycles. The van der Waals surface area contributed by atoms with E-state index in [-0.39, 0.29) is 12.2 Å². The largest absolute Gasteiger partial charge is 0.491 e. The molecule has 106 valence electrons. The Kier molecular flexibility index (Phi) is 4.79. The number of ether oxygens (including phenoxy) is 2. The summed E-state index contributed by atoms with van der Waals surface area (Å²) >= 11 is 0. The Labute approximate surface area is 116 Å². The molecular formula is C15H16O5. The normalized spacial score (nSPS) is 10.4. The molecule has 0 amide bonds. The molecule has 5 heteroatoms. The number of carboxylic acid groups (broad SMARTS) is 1. The Morgan fingerprint density at radius 2 is 2.00 bits per heavy atom. The lowest BCUT2D eigenvalue weighted by atomic mass is 10.2. The van der Waals surface area contributed by atoms with Crippen molar-refractivity contribution in [2.75, 3.05) is 13.2 Å². The molecule has 1 aromatic carbocycles. The van der Waals surface area contributed by atoms with Gasteiger partial charge in [-0.05, 0) is 25.1 Å². The molecular weight excluding hydrogens is 260 g/mol. The highest BCUT2D eigenvalue weighted by molar-refractivity contribution is 5.88. The summed E-state index contributed by atoms with van der Waals surface area (Å²) in [7, 11) is 0. The zero-order valence-corrected chi connectivity index (χ0v) is 11.2. The number of rotatable bonds is 7. The minimum atomic E-state index is -0.995. The van der Waals surface area contributed by atoms with Crippen molar-refractivity contribution in [3.05, 3.63) is 53.5 Å². The van der Waals surface area contributed by atoms with Gasteiger partial charge >= 0.3 is 5.97 Å². The molecule has 0 aliphatic heterocycles. The summed E-state index contributed by atoms with van der Waals surface area (Å²) in [5.41, 5.74) is 0.170. The standard InChI is InChI=1S/C15H16O5/c1-11-14(15(16)17)9-13(20-11)10-18-7-8-19-12-5-3-2-4-6-12/h2-6,9H,7-8,10H2,1H3,(H,16,17). The molecule has 0 aliphatic carbocycles. The minimum absolute atomic E-state index is 0.170. The van der Waals surface area contributed by atoms with E-state index in [9.17, 15) is 4.79 Å². The van der Waals surface area contributed by atoms with Crippen molar-refractivity contribution in [1.29, 1.82) is 0 Å². The van der Waals surface area contributed by atoms with Crippen molar-refractivity contribution in [2.24, 2.45) is 0 Å². The molecule has 5 nitrogen and oxygen atoms in total. The highest BCUT2D eigenvalue weighted by Gasteiger charge is 2.13. The predicted molar refractivity (Wildman–Crippen MR) is 72.0 cm³/mol. The number of benzene rings is 1. The molecule has 0 unspecified atom stereocenters. The van der Waals surface area contributed by atoms with Crippen molar-refractivity contribution in [3.8, 4) is 5.75 Å². The topological polar surface area (TPSA) is 68.9 Å². The van der Waals surface area contributed by atoms with Crippen LogP contribution >= 0.6 is 0 Å². The van der Waals surface area contributed by atoms with Crippen molar-refractivity contribution in [3.63, 3.8) is 0 Å². The van der Waals surface area contributed by atoms with Crippen LogP contribution in [0.25, 0.3) is 0 Å². The molecule has 0 bridgehead atoms. The molecule has 1 heterocycles. The molecule has 0 spiro atoms. The number of para-hydroxylation sites is 1. The van der Waals surface area contributed by atoms with E-state index in [4.69, 9.17) is 19.0 Å². The molecule has 0 atom stereocenters. The van der Waals surface area contributed by atoms with Crippen molar-refractivity contribution < 1.29 is 23.8 Å². The van der Waals surface area contributed by atoms with Gasteiger partial charge in [0.05, 0.1) is 6.61 Å². The van der Waals surface area contributed by atoms with E-state index in [1.807, 2.05) is 30.3 Å². The van der Waals surface area contributed by atoms with Crippen LogP contribution in [0.1, 0.15) is 21.9 Å². The van der Waals surface area contributed by atoms with Gasteiger partial charge in [0, 0.05) is 0 Å². The summed E-state index contributed by atoms with van der Waals surface area (Å²) in [5.74, 6) is 0.680. The van der Waals surface area contributed by atoms with Gasteiger partial charge in [-0.1, -0.05) is 18.2 Å². The number of carboxylic acids is 1. The summed E-state index contributed by atoms with van der Waals surface area (Å²) in [5, 5.41) is 8.89. The average molecular weight is 276 g/mol. The fourth-order valence-corrected chi connectivity index (χ4v) is 1.74. The number of hydrogen-bond acceptors (Lipinski definition) is 4. The smallest absolute Gasteiger partial charge is 0.339 e. The fourth-order valence-electron chi connectivity index (χ4n) is 1.74. The first-order valence-electron chi connectivity index (χ1n) is 6.25. The fraction of sp³-hybridized carbons (Fsp3) is 0.267. The minimum Gasteiger partial charge on any atom is -0.491 e. The van der Waals surface area contributed by atoms with Gasteiger partial charge in [0.25, 0.3) is 0 Å². The van der Waals surface area contributed by atoms with E-state index in [0.717, 1.165) is 5.75 Å². The van der Waals surface area contributed by atoms with E-state index in [1.54, 1.807) is 6.92 Å². The van der Waals surface area contributed by atoms with Gasteiger partial charge < -0.3 is 19.0 Å². The van der Waals surface area contributed by atoms with Gasteiger partial charge in [0.2, 0.25) is 0 Å². The highest BCUT2D eigenvalue weighted by Crippen LogP contribution is 2.15. The number of aromatic carboxylic acids is 1. The van der Waals surface area contributed by atoms with Crippen LogP contribution in [-0.4, -0.2) is 24.3 Å². The second-order valence-corrected chi connectivity index (χ2v) is 4.20. The number of carbonyl (C=O) groups is 1. The van der Waals surface area contributed by atoms with Crippen LogP contribution in [0.5, 0.6) is 5.75 Å². The third kappa shape index (κ3) is 3.86. The van der Waals surface area contributed by atoms with Crippen molar-refractivity contribution >= 4 is 5.97 Å². The van der Waals surface area contributed by atoms with Gasteiger partial charge in [-0.2, -0.15) is 0 Å². The number of aryl methyl sites for hydroxylation is 1. The van der Waals surface area contributed by atoms with Crippen LogP contribution < -0.4 is 4.74 Å². The zero-order chi connectivity index (χ0) is 14.4. The summed E-state index contributed by atoms with van der Waals surface area (Å²) < 4.78 is 16.1. The Balaban J connectivity index is 1.71. The van der Waals surface area contributed by atoms with E-state index in [0.29, 0.717) is 24.7 Å². The third-order valence-electron chi connectivity index (χ3n) is 2.68. The zero-order valence-electron chi connectivity index (χ0n) is 11.2. The Morgan fingerprint density at radius 3 is 2.65 bits per heavy atom. The molecule has 0 aliphatic rings. The van der Waals surface area contributed by atoms with Gasteiger partial charge in [0.1, 0.15) is 36.0 Å². The second kappa shape index (κ2) is 6.77. The molecule has 0 saturated heterocycles. The van der Waals surface area contributed by atoms with Crippen LogP contribution in [0, 0.1) is 6.92 Å². The van der Waals surface area contributed by atoms with Gasteiger partial charge in [-0.25, -0.2) is 4.79 Å². The van der Waals surface area contributed by atoms with E-state index < -0.39 is 5.97 Å². The van der Waals surface area contributed by atoms with Crippen LogP contribution in [0.4, 0.5) is 0 Å². The second-order valence-electron chi connectivity index (χ2n) is 4.20. The first-order valence-corrected chi connectivity index (χ1v) is 6.25. The van der Waals surface area contributed by atoms with Crippen molar-refractivity contribution in [2.45, 2.75) is 13.5 Å². The molecule has 20 heavy (non-hydrogen) atoms. The Morgan fingerprint density at radius 1 is 1.25 bits per heavy atom. The van der Waals surface area contributed by atoms with Crippen LogP contribution in [0.15, 0.2) is 40.8 Å². The van der Waals surface area contributed by atoms with Gasteiger partial charge in [-0.3, -0.25) is 0 Å². The molecule has 2 rings (SSSR count). The maximum Gasteiger partial charge on any atom is 0.339 e. The number of hydrogen-bond donors (Lipinski definition) is 1.